The van der Waals surface area contributed by atoms with Gasteiger partial charge in [-0.2, -0.15) is 0 Å². The minimum absolute atomic E-state index is 0.0859. The van der Waals surface area contributed by atoms with E-state index in [4.69, 9.17) is 5.73 Å². The number of nitrogens with one attached hydrogen (secondary N) is 1. The summed E-state index contributed by atoms with van der Waals surface area (Å²) in [4.78, 5) is 9.58. The first-order valence-corrected chi connectivity index (χ1v) is 8.62. The lowest BCUT2D eigenvalue weighted by Gasteiger charge is -2.11. The Hall–Kier alpha value is -1.52. The van der Waals surface area contributed by atoms with E-state index in [-0.39, 0.29) is 12.2 Å². The minimum atomic E-state index is -4.09. The van der Waals surface area contributed by atoms with Crippen molar-refractivity contribution in [3.8, 4) is 0 Å². The summed E-state index contributed by atoms with van der Waals surface area (Å²) in [7, 11) is -5.30. The van der Waals surface area contributed by atoms with Gasteiger partial charge in [-0.05, 0) is 19.1 Å². The molecule has 2 unspecified atom stereocenters. The molecule has 1 aromatic rings. The van der Waals surface area contributed by atoms with Crippen molar-refractivity contribution in [1.29, 1.82) is 0 Å². The second-order valence-corrected chi connectivity index (χ2v) is 7.65. The van der Waals surface area contributed by atoms with Gasteiger partial charge in [0.2, 0.25) is 10.0 Å². The van der Waals surface area contributed by atoms with Gasteiger partial charge in [0.1, 0.15) is 5.69 Å². The molecule has 10 heteroatoms. The fraction of sp³-hybridized carbons (Fsp3) is 0.400. The number of hydrogen-bond acceptors (Lipinski definition) is 6. The van der Waals surface area contributed by atoms with Crippen LogP contribution in [0.4, 0.5) is 11.4 Å². The molecule has 0 fully saturated rings. The zero-order valence-corrected chi connectivity index (χ0v) is 12.5. The van der Waals surface area contributed by atoms with E-state index >= 15 is 0 Å². The van der Waals surface area contributed by atoms with E-state index in [0.717, 1.165) is 6.07 Å². The summed E-state index contributed by atoms with van der Waals surface area (Å²) in [6, 6.07) is 3.67. The Morgan fingerprint density at radius 3 is 2.60 bits per heavy atom. The van der Waals surface area contributed by atoms with Crippen molar-refractivity contribution in [2.24, 2.45) is 0 Å². The number of para-hydroxylation sites is 1. The molecule has 0 aromatic heterocycles. The SMILES string of the molecule is CC(CNS(=O)(=O)c1cccc(N)c1[N+](=O)[O-])S(C)=O. The summed E-state index contributed by atoms with van der Waals surface area (Å²) in [5, 5.41) is 10.5. The first-order valence-electron chi connectivity index (χ1n) is 5.51. The van der Waals surface area contributed by atoms with Gasteiger partial charge in [-0.3, -0.25) is 14.3 Å². The van der Waals surface area contributed by atoms with Crippen LogP contribution in [0.5, 0.6) is 0 Å². The number of nitro benzene ring substituents is 1. The maximum Gasteiger partial charge on any atom is 0.312 e. The van der Waals surface area contributed by atoms with Gasteiger partial charge in [0, 0.05) is 28.9 Å². The number of nitrogen functional groups attached to an aromatic ring is 1. The Kier molecular flexibility index (Phi) is 5.20. The summed E-state index contributed by atoms with van der Waals surface area (Å²) in [6.07, 6.45) is 1.45. The third-order valence-electron chi connectivity index (χ3n) is 2.63. The van der Waals surface area contributed by atoms with Crippen LogP contribution in [0.15, 0.2) is 23.1 Å². The maximum atomic E-state index is 12.1. The van der Waals surface area contributed by atoms with Gasteiger partial charge in [0.05, 0.1) is 4.92 Å². The molecule has 0 amide bonds. The topological polar surface area (TPSA) is 132 Å². The van der Waals surface area contributed by atoms with Gasteiger partial charge in [0.25, 0.3) is 0 Å². The molecule has 0 heterocycles. The molecule has 20 heavy (non-hydrogen) atoms. The largest absolute Gasteiger partial charge is 0.393 e. The Balaban J connectivity index is 3.14. The number of nitro groups is 1. The molecule has 0 saturated heterocycles. The first kappa shape index (κ1) is 16.5. The van der Waals surface area contributed by atoms with Crippen LogP contribution in [0, 0.1) is 10.1 Å². The first-order chi connectivity index (χ1) is 9.16. The van der Waals surface area contributed by atoms with Crippen molar-refractivity contribution in [3.05, 3.63) is 28.3 Å². The molecule has 3 N–H and O–H groups in total. The molecular weight excluding hydrogens is 306 g/mol. The van der Waals surface area contributed by atoms with E-state index in [1.165, 1.54) is 18.4 Å². The monoisotopic (exact) mass is 321 g/mol. The second-order valence-electron chi connectivity index (χ2n) is 4.11. The molecule has 0 aliphatic rings. The van der Waals surface area contributed by atoms with Crippen LogP contribution in [0.3, 0.4) is 0 Å². The fourth-order valence-electron chi connectivity index (χ4n) is 1.37. The molecule has 2 atom stereocenters. The highest BCUT2D eigenvalue weighted by Gasteiger charge is 2.28. The molecule has 112 valence electrons. The van der Waals surface area contributed by atoms with Gasteiger partial charge < -0.3 is 5.73 Å². The normalized spacial score (nSPS) is 14.7. The number of rotatable bonds is 6. The smallest absolute Gasteiger partial charge is 0.312 e. The van der Waals surface area contributed by atoms with Gasteiger partial charge in [-0.1, -0.05) is 6.07 Å². The van der Waals surface area contributed by atoms with Crippen LogP contribution < -0.4 is 10.5 Å². The molecular formula is C10H15N3O5S2. The van der Waals surface area contributed by atoms with Gasteiger partial charge in [0.15, 0.2) is 4.90 Å². The molecule has 8 nitrogen and oxygen atoms in total. The highest BCUT2D eigenvalue weighted by atomic mass is 32.2. The Bertz CT molecular complexity index is 644. The summed E-state index contributed by atoms with van der Waals surface area (Å²) in [5.74, 6) is 0. The van der Waals surface area contributed by atoms with Crippen molar-refractivity contribution in [1.82, 2.24) is 4.72 Å². The van der Waals surface area contributed by atoms with Crippen LogP contribution >= 0.6 is 0 Å². The summed E-state index contributed by atoms with van der Waals surface area (Å²) in [5.41, 5.74) is 4.55. The van der Waals surface area contributed by atoms with Gasteiger partial charge in [-0.25, -0.2) is 13.1 Å². The number of benzene rings is 1. The summed E-state index contributed by atoms with van der Waals surface area (Å²) in [6.45, 7) is 1.52. The number of nitrogens with zero attached hydrogens (tertiary/aromatic N) is 1. The number of sulfonamides is 1. The highest BCUT2D eigenvalue weighted by Crippen LogP contribution is 2.29. The standard InChI is InChI=1S/C10H15N3O5S2/c1-7(19(2)16)6-12-20(17,18)9-5-3-4-8(11)10(9)13(14)15/h3-5,7,12H,6,11H2,1-2H3. The van der Waals surface area contributed by atoms with E-state index in [9.17, 15) is 22.7 Å². The van der Waals surface area contributed by atoms with Crippen LogP contribution in [-0.2, 0) is 20.8 Å². The molecule has 1 rings (SSSR count). The van der Waals surface area contributed by atoms with Crippen molar-refractivity contribution in [2.75, 3.05) is 18.5 Å². The van der Waals surface area contributed by atoms with Crippen molar-refractivity contribution >= 4 is 32.2 Å². The van der Waals surface area contributed by atoms with Crippen LogP contribution in [0.2, 0.25) is 0 Å². The third-order valence-corrected chi connectivity index (χ3v) is 5.38. The molecule has 0 aliphatic carbocycles. The van der Waals surface area contributed by atoms with E-state index in [1.54, 1.807) is 6.92 Å². The second kappa shape index (κ2) is 6.29. The Morgan fingerprint density at radius 2 is 2.10 bits per heavy atom. The average molecular weight is 321 g/mol. The predicted octanol–water partition coefficient (Wildman–Crippen LogP) is 0.222. The van der Waals surface area contributed by atoms with E-state index < -0.39 is 41.6 Å². The molecule has 0 spiro atoms. The van der Waals surface area contributed by atoms with E-state index in [2.05, 4.69) is 4.72 Å². The Morgan fingerprint density at radius 1 is 1.50 bits per heavy atom. The number of nitrogens with two attached hydrogens (primary N) is 1. The predicted molar refractivity (Wildman–Crippen MR) is 76.2 cm³/mol. The minimum Gasteiger partial charge on any atom is -0.393 e. The molecule has 0 bridgehead atoms. The van der Waals surface area contributed by atoms with Gasteiger partial charge in [-0.15, -0.1) is 0 Å². The quantitative estimate of drug-likeness (QED) is 0.437. The highest BCUT2D eigenvalue weighted by molar-refractivity contribution is 7.89. The number of anilines is 1. The fourth-order valence-corrected chi connectivity index (χ4v) is 3.13. The number of hydrogen-bond donors (Lipinski definition) is 2. The maximum absolute atomic E-state index is 12.1. The zero-order valence-electron chi connectivity index (χ0n) is 10.9. The zero-order chi connectivity index (χ0) is 15.5. The average Bonchev–Trinajstić information content (AvgIpc) is 2.35. The third kappa shape index (κ3) is 3.74. The van der Waals surface area contributed by atoms with Crippen molar-refractivity contribution in [2.45, 2.75) is 17.1 Å². The molecule has 0 radical (unpaired) electrons. The van der Waals surface area contributed by atoms with E-state index in [0.29, 0.717) is 0 Å². The lowest BCUT2D eigenvalue weighted by molar-refractivity contribution is -0.386. The molecule has 0 aliphatic heterocycles. The van der Waals surface area contributed by atoms with Crippen molar-refractivity contribution in [3.63, 3.8) is 0 Å². The van der Waals surface area contributed by atoms with Crippen LogP contribution in [0.1, 0.15) is 6.92 Å². The summed E-state index contributed by atoms with van der Waals surface area (Å²) < 4.78 is 37.5. The molecule has 0 saturated carbocycles. The van der Waals surface area contributed by atoms with Crippen LogP contribution in [0.25, 0.3) is 0 Å². The summed E-state index contributed by atoms with van der Waals surface area (Å²) >= 11 is 0. The lowest BCUT2D eigenvalue weighted by atomic mass is 10.3. The Labute approximate surface area is 119 Å². The van der Waals surface area contributed by atoms with Crippen molar-refractivity contribution < 1.29 is 17.6 Å². The molecule has 1 aromatic carbocycles. The lowest BCUT2D eigenvalue weighted by Crippen LogP contribution is -2.33. The van der Waals surface area contributed by atoms with Gasteiger partial charge >= 0.3 is 5.69 Å². The van der Waals surface area contributed by atoms with E-state index in [1.807, 2.05) is 0 Å². The van der Waals surface area contributed by atoms with Crippen LogP contribution in [-0.4, -0.2) is 35.6 Å².